The van der Waals surface area contributed by atoms with Gasteiger partial charge in [0.1, 0.15) is 23.7 Å². The summed E-state index contributed by atoms with van der Waals surface area (Å²) in [6, 6.07) is 19.2. The largest absolute Gasteiger partial charge is 0.507 e. The number of benzene rings is 2. The third-order valence-corrected chi connectivity index (χ3v) is 5.16. The Morgan fingerprint density at radius 1 is 1.06 bits per heavy atom. The zero-order valence-corrected chi connectivity index (χ0v) is 17.4. The summed E-state index contributed by atoms with van der Waals surface area (Å²) in [6.07, 6.45) is 1.49. The third-order valence-electron chi connectivity index (χ3n) is 5.16. The number of carbonyl (C=O) groups excluding carboxylic acids is 1. The van der Waals surface area contributed by atoms with Crippen LogP contribution < -0.4 is 10.4 Å². The normalized spacial score (nSPS) is 11.8. The molecule has 1 N–H and O–H groups in total. The monoisotopic (exact) mass is 431 g/mol. The highest BCUT2D eigenvalue weighted by Gasteiger charge is 2.29. The van der Waals surface area contributed by atoms with Crippen molar-refractivity contribution in [2.75, 3.05) is 7.11 Å². The van der Waals surface area contributed by atoms with E-state index in [2.05, 4.69) is 4.98 Å². The summed E-state index contributed by atoms with van der Waals surface area (Å²) in [6.45, 7) is 0.196. The van der Waals surface area contributed by atoms with Crippen molar-refractivity contribution in [3.05, 3.63) is 100 Å². The number of rotatable bonds is 7. The Labute approximate surface area is 183 Å². The second-order valence-electron chi connectivity index (χ2n) is 7.13. The van der Waals surface area contributed by atoms with Crippen LogP contribution in [0.15, 0.2) is 82.1 Å². The minimum absolute atomic E-state index is 0.0250. The Hall–Kier alpha value is -4.13. The SMILES string of the molecule is COC(=O)CC(c1ccccc1OCc1ccccn1)c1c(O)c2ccccc2oc1=O. The van der Waals surface area contributed by atoms with Crippen LogP contribution in [0.3, 0.4) is 0 Å². The van der Waals surface area contributed by atoms with Crippen molar-refractivity contribution in [1.82, 2.24) is 4.98 Å². The molecule has 4 rings (SSSR count). The first-order valence-electron chi connectivity index (χ1n) is 10.0. The molecule has 0 aliphatic rings. The number of hydrogen-bond acceptors (Lipinski definition) is 7. The summed E-state index contributed by atoms with van der Waals surface area (Å²) in [4.78, 5) is 29.4. The Balaban J connectivity index is 1.81. The second-order valence-corrected chi connectivity index (χ2v) is 7.13. The van der Waals surface area contributed by atoms with Gasteiger partial charge in [-0.15, -0.1) is 0 Å². The molecule has 0 spiro atoms. The maximum Gasteiger partial charge on any atom is 0.343 e. The van der Waals surface area contributed by atoms with Crippen LogP contribution in [0.2, 0.25) is 0 Å². The van der Waals surface area contributed by atoms with Gasteiger partial charge in [0, 0.05) is 17.7 Å². The summed E-state index contributed by atoms with van der Waals surface area (Å²) in [5.74, 6) is -1.16. The van der Waals surface area contributed by atoms with Gasteiger partial charge in [0.25, 0.3) is 0 Å². The summed E-state index contributed by atoms with van der Waals surface area (Å²) >= 11 is 0. The second kappa shape index (κ2) is 9.34. The Bertz CT molecular complexity index is 1300. The summed E-state index contributed by atoms with van der Waals surface area (Å²) in [7, 11) is 1.27. The molecule has 0 saturated heterocycles. The van der Waals surface area contributed by atoms with Crippen LogP contribution in [0.1, 0.15) is 29.2 Å². The zero-order valence-electron chi connectivity index (χ0n) is 17.4. The molecule has 1 unspecified atom stereocenters. The highest BCUT2D eigenvalue weighted by atomic mass is 16.5. The number of methoxy groups -OCH3 is 1. The van der Waals surface area contributed by atoms with Crippen molar-refractivity contribution < 1.29 is 23.8 Å². The van der Waals surface area contributed by atoms with E-state index in [4.69, 9.17) is 13.9 Å². The van der Waals surface area contributed by atoms with Crippen LogP contribution in [0, 0.1) is 0 Å². The Morgan fingerprint density at radius 3 is 2.59 bits per heavy atom. The van der Waals surface area contributed by atoms with E-state index >= 15 is 0 Å². The molecule has 162 valence electrons. The average molecular weight is 431 g/mol. The minimum Gasteiger partial charge on any atom is -0.507 e. The Morgan fingerprint density at radius 2 is 1.81 bits per heavy atom. The number of para-hydroxylation sites is 2. The van der Waals surface area contributed by atoms with E-state index < -0.39 is 17.5 Å². The number of aromatic hydroxyl groups is 1. The van der Waals surface area contributed by atoms with Crippen LogP contribution >= 0.6 is 0 Å². The molecule has 0 saturated carbocycles. The fourth-order valence-corrected chi connectivity index (χ4v) is 3.61. The van der Waals surface area contributed by atoms with E-state index in [0.29, 0.717) is 16.7 Å². The van der Waals surface area contributed by atoms with Crippen molar-refractivity contribution in [2.45, 2.75) is 18.9 Å². The molecule has 7 heteroatoms. The van der Waals surface area contributed by atoms with Crippen molar-refractivity contribution in [3.63, 3.8) is 0 Å². The minimum atomic E-state index is -0.844. The van der Waals surface area contributed by atoms with Gasteiger partial charge in [-0.1, -0.05) is 36.4 Å². The van der Waals surface area contributed by atoms with E-state index in [9.17, 15) is 14.7 Å². The fourth-order valence-electron chi connectivity index (χ4n) is 3.61. The van der Waals surface area contributed by atoms with Gasteiger partial charge in [0.15, 0.2) is 0 Å². The highest BCUT2D eigenvalue weighted by molar-refractivity contribution is 5.85. The fraction of sp³-hybridized carbons (Fsp3) is 0.160. The van der Waals surface area contributed by atoms with Crippen LogP contribution in [0.5, 0.6) is 11.5 Å². The van der Waals surface area contributed by atoms with Gasteiger partial charge in [-0.3, -0.25) is 9.78 Å². The predicted octanol–water partition coefficient (Wildman–Crippen LogP) is 4.17. The number of aromatic nitrogens is 1. The number of hydrogen-bond donors (Lipinski definition) is 1. The van der Waals surface area contributed by atoms with Gasteiger partial charge >= 0.3 is 11.6 Å². The smallest absolute Gasteiger partial charge is 0.343 e. The van der Waals surface area contributed by atoms with Crippen molar-refractivity contribution in [2.24, 2.45) is 0 Å². The molecule has 0 fully saturated rings. The van der Waals surface area contributed by atoms with Crippen molar-refractivity contribution in [1.29, 1.82) is 0 Å². The predicted molar refractivity (Wildman–Crippen MR) is 118 cm³/mol. The van der Waals surface area contributed by atoms with Crippen LogP contribution in [-0.4, -0.2) is 23.2 Å². The van der Waals surface area contributed by atoms with Gasteiger partial charge in [-0.05, 0) is 30.3 Å². The molecule has 0 amide bonds. The van der Waals surface area contributed by atoms with Crippen molar-refractivity contribution in [3.8, 4) is 11.5 Å². The maximum atomic E-state index is 12.9. The Kier molecular flexibility index (Phi) is 6.17. The van der Waals surface area contributed by atoms with E-state index in [-0.39, 0.29) is 29.9 Å². The average Bonchev–Trinajstić information content (AvgIpc) is 2.83. The lowest BCUT2D eigenvalue weighted by Crippen LogP contribution is -2.18. The topological polar surface area (TPSA) is 98.9 Å². The molecule has 1 atom stereocenters. The van der Waals surface area contributed by atoms with E-state index in [0.717, 1.165) is 5.69 Å². The molecular weight excluding hydrogens is 410 g/mol. The quantitative estimate of drug-likeness (QED) is 0.346. The first-order valence-corrected chi connectivity index (χ1v) is 10.0. The van der Waals surface area contributed by atoms with Crippen LogP contribution in [0.25, 0.3) is 11.0 Å². The highest BCUT2D eigenvalue weighted by Crippen LogP contribution is 2.39. The van der Waals surface area contributed by atoms with Gasteiger partial charge < -0.3 is 19.0 Å². The molecule has 2 aromatic carbocycles. The number of nitrogens with zero attached hydrogens (tertiary/aromatic N) is 1. The van der Waals surface area contributed by atoms with Gasteiger partial charge in [-0.2, -0.15) is 0 Å². The number of pyridine rings is 1. The summed E-state index contributed by atoms with van der Waals surface area (Å²) in [5.41, 5.74) is 0.777. The molecule has 7 nitrogen and oxygen atoms in total. The van der Waals surface area contributed by atoms with Gasteiger partial charge in [0.05, 0.1) is 30.2 Å². The number of esters is 1. The lowest BCUT2D eigenvalue weighted by Gasteiger charge is -2.20. The number of fused-ring (bicyclic) bond motifs is 1. The molecule has 32 heavy (non-hydrogen) atoms. The summed E-state index contributed by atoms with van der Waals surface area (Å²) < 4.78 is 16.3. The molecule has 2 heterocycles. The van der Waals surface area contributed by atoms with Crippen LogP contribution in [-0.2, 0) is 16.1 Å². The first kappa shape index (κ1) is 21.1. The lowest BCUT2D eigenvalue weighted by molar-refractivity contribution is -0.140. The lowest BCUT2D eigenvalue weighted by atomic mass is 9.87. The van der Waals surface area contributed by atoms with Gasteiger partial charge in [0.2, 0.25) is 0 Å². The first-order chi connectivity index (χ1) is 15.6. The van der Waals surface area contributed by atoms with Gasteiger partial charge in [-0.25, -0.2) is 4.79 Å². The maximum absolute atomic E-state index is 12.9. The molecule has 4 aromatic rings. The van der Waals surface area contributed by atoms with E-state index in [1.54, 1.807) is 54.7 Å². The molecule has 0 aliphatic heterocycles. The summed E-state index contributed by atoms with van der Waals surface area (Å²) in [5, 5.41) is 11.4. The molecule has 0 radical (unpaired) electrons. The molecular formula is C25H21NO6. The van der Waals surface area contributed by atoms with E-state index in [1.807, 2.05) is 18.2 Å². The molecule has 0 aliphatic carbocycles. The van der Waals surface area contributed by atoms with Crippen LogP contribution in [0.4, 0.5) is 0 Å². The van der Waals surface area contributed by atoms with Crippen molar-refractivity contribution >= 4 is 16.9 Å². The standard InChI is InChI=1S/C25H21NO6/c1-30-22(27)14-19(23-24(28)18-10-3-5-12-21(18)32-25(23)29)17-9-2-4-11-20(17)31-15-16-8-6-7-13-26-16/h2-13,19,28H,14-15H2,1H3. The molecule has 0 bridgehead atoms. The number of carbonyl (C=O) groups is 1. The molecule has 2 aromatic heterocycles. The number of ether oxygens (including phenoxy) is 2. The third kappa shape index (κ3) is 4.32. The zero-order chi connectivity index (χ0) is 22.5. The van der Waals surface area contributed by atoms with E-state index in [1.165, 1.54) is 7.11 Å².